The van der Waals surface area contributed by atoms with Gasteiger partial charge in [-0.1, -0.05) is 97.1 Å². The molecule has 6 nitrogen and oxygen atoms in total. The summed E-state index contributed by atoms with van der Waals surface area (Å²) in [5.41, 5.74) is 15.2. The molecule has 0 aliphatic rings. The normalized spacial score (nSPS) is 11.3. The van der Waals surface area contributed by atoms with Crippen LogP contribution in [0.25, 0.3) is 101 Å². The van der Waals surface area contributed by atoms with E-state index in [9.17, 15) is 0 Å². The summed E-state index contributed by atoms with van der Waals surface area (Å²) < 4.78 is 12.0. The summed E-state index contributed by atoms with van der Waals surface area (Å²) in [6.45, 7) is 0. The van der Waals surface area contributed by atoms with Gasteiger partial charge in [0.1, 0.15) is 11.0 Å². The van der Waals surface area contributed by atoms with Gasteiger partial charge >= 0.3 is 0 Å². The fraction of sp³-hybridized carbons (Fsp3) is 0. The third-order valence-electron chi connectivity index (χ3n) is 9.67. The Morgan fingerprint density at radius 2 is 0.852 bits per heavy atom. The van der Waals surface area contributed by atoms with Crippen LogP contribution in [0.1, 0.15) is 0 Å². The largest absolute Gasteiger partial charge is 0.436 e. The first-order valence-electron chi connectivity index (χ1n) is 17.8. The molecule has 254 valence electrons. The first-order chi connectivity index (χ1) is 26.7. The van der Waals surface area contributed by atoms with E-state index in [0.29, 0.717) is 11.8 Å². The van der Waals surface area contributed by atoms with Crippen molar-refractivity contribution in [2.45, 2.75) is 0 Å². The number of nitrogens with zero attached hydrogens (tertiary/aromatic N) is 4. The molecule has 0 spiro atoms. The zero-order valence-electron chi connectivity index (χ0n) is 28.9. The van der Waals surface area contributed by atoms with Crippen LogP contribution in [-0.4, -0.2) is 19.9 Å². The minimum Gasteiger partial charge on any atom is -0.436 e. The molecular weight excluding hydrogens is 665 g/mol. The predicted octanol–water partition coefficient (Wildman–Crippen LogP) is 12.4. The van der Waals surface area contributed by atoms with Crippen LogP contribution in [0, 0.1) is 0 Å². The second-order valence-corrected chi connectivity index (χ2v) is 13.1. The number of para-hydroxylation sites is 4. The van der Waals surface area contributed by atoms with E-state index >= 15 is 0 Å². The van der Waals surface area contributed by atoms with Crippen LogP contribution in [-0.2, 0) is 0 Å². The molecular formula is C48H30N4O2. The van der Waals surface area contributed by atoms with E-state index in [4.69, 9.17) is 13.8 Å². The summed E-state index contributed by atoms with van der Waals surface area (Å²) >= 11 is 0. The van der Waals surface area contributed by atoms with Gasteiger partial charge in [0.15, 0.2) is 11.2 Å². The molecule has 0 saturated heterocycles. The molecule has 54 heavy (non-hydrogen) atoms. The van der Waals surface area contributed by atoms with Crippen LogP contribution in [0.2, 0.25) is 0 Å². The van der Waals surface area contributed by atoms with Gasteiger partial charge in [-0.25, -0.2) is 15.0 Å². The van der Waals surface area contributed by atoms with Gasteiger partial charge in [-0.15, -0.1) is 0 Å². The van der Waals surface area contributed by atoms with Crippen LogP contribution in [0.5, 0.6) is 0 Å². The second-order valence-electron chi connectivity index (χ2n) is 13.1. The zero-order chi connectivity index (χ0) is 35.8. The Balaban J connectivity index is 0.974. The number of hydrogen-bond donors (Lipinski definition) is 0. The Bertz CT molecular complexity index is 2850. The smallest absolute Gasteiger partial charge is 0.227 e. The highest BCUT2D eigenvalue weighted by molar-refractivity contribution is 5.86. The molecule has 6 aromatic carbocycles. The summed E-state index contributed by atoms with van der Waals surface area (Å²) in [6.07, 6.45) is 1.80. The summed E-state index contributed by atoms with van der Waals surface area (Å²) in [5.74, 6) is 1.23. The van der Waals surface area contributed by atoms with Gasteiger partial charge in [0, 0.05) is 28.5 Å². The van der Waals surface area contributed by atoms with Crippen molar-refractivity contribution in [3.05, 3.63) is 182 Å². The van der Waals surface area contributed by atoms with Crippen molar-refractivity contribution in [3.63, 3.8) is 0 Å². The van der Waals surface area contributed by atoms with Crippen LogP contribution in [0.3, 0.4) is 0 Å². The van der Waals surface area contributed by atoms with Gasteiger partial charge in [0.05, 0.1) is 17.1 Å². The van der Waals surface area contributed by atoms with E-state index in [-0.39, 0.29) is 0 Å². The molecule has 0 amide bonds. The van der Waals surface area contributed by atoms with E-state index in [1.807, 2.05) is 66.7 Å². The maximum Gasteiger partial charge on any atom is 0.227 e. The van der Waals surface area contributed by atoms with E-state index in [0.717, 1.165) is 89.4 Å². The van der Waals surface area contributed by atoms with Crippen LogP contribution in [0.4, 0.5) is 0 Å². The van der Waals surface area contributed by atoms with Crippen molar-refractivity contribution in [2.75, 3.05) is 0 Å². The lowest BCUT2D eigenvalue weighted by atomic mass is 9.94. The minimum atomic E-state index is 0.611. The third kappa shape index (κ3) is 5.91. The molecule has 0 aliphatic heterocycles. The lowest BCUT2D eigenvalue weighted by molar-refractivity contribution is 0.619. The number of hydrogen-bond acceptors (Lipinski definition) is 6. The second kappa shape index (κ2) is 13.3. The highest BCUT2D eigenvalue weighted by atomic mass is 16.4. The Labute approximate surface area is 311 Å². The molecule has 0 radical (unpaired) electrons. The first-order valence-corrected chi connectivity index (χ1v) is 17.8. The van der Waals surface area contributed by atoms with Crippen molar-refractivity contribution in [1.29, 1.82) is 0 Å². The maximum atomic E-state index is 6.01. The van der Waals surface area contributed by atoms with Crippen molar-refractivity contribution in [1.82, 2.24) is 19.9 Å². The Hall–Kier alpha value is -7.44. The van der Waals surface area contributed by atoms with E-state index < -0.39 is 0 Å². The number of rotatable bonds is 7. The SMILES string of the molecule is c1ccc(-c2ccc(-c3ccc(-c4ccc(-c5nc6ccccc6o5)cc4)cc3)c(-c3cccc(-c4ccc(-c5nc6ccccc6o5)cc4)c3)n2)nc1. The van der Waals surface area contributed by atoms with Gasteiger partial charge in [0.2, 0.25) is 11.8 Å². The average molecular weight is 695 g/mol. The fourth-order valence-corrected chi connectivity index (χ4v) is 6.86. The molecule has 4 heterocycles. The summed E-state index contributed by atoms with van der Waals surface area (Å²) in [4.78, 5) is 19.2. The van der Waals surface area contributed by atoms with Crippen LogP contribution in [0.15, 0.2) is 191 Å². The fourth-order valence-electron chi connectivity index (χ4n) is 6.86. The van der Waals surface area contributed by atoms with E-state index in [1.165, 1.54) is 0 Å². The highest BCUT2D eigenvalue weighted by Gasteiger charge is 2.15. The van der Waals surface area contributed by atoms with Crippen molar-refractivity contribution in [2.24, 2.45) is 0 Å². The van der Waals surface area contributed by atoms with Crippen molar-refractivity contribution < 1.29 is 8.83 Å². The first kappa shape index (κ1) is 31.3. The number of aromatic nitrogens is 4. The van der Waals surface area contributed by atoms with Gasteiger partial charge in [0.25, 0.3) is 0 Å². The van der Waals surface area contributed by atoms with Gasteiger partial charge in [-0.2, -0.15) is 0 Å². The summed E-state index contributed by atoms with van der Waals surface area (Å²) in [5, 5.41) is 0. The summed E-state index contributed by atoms with van der Waals surface area (Å²) in [6, 6.07) is 59.6. The number of oxazole rings is 2. The highest BCUT2D eigenvalue weighted by Crippen LogP contribution is 2.37. The number of fused-ring (bicyclic) bond motifs is 2. The molecule has 0 unspecified atom stereocenters. The Morgan fingerprint density at radius 1 is 0.333 bits per heavy atom. The maximum absolute atomic E-state index is 6.01. The molecule has 0 aliphatic carbocycles. The molecule has 0 bridgehead atoms. The van der Waals surface area contributed by atoms with E-state index in [2.05, 4.69) is 124 Å². The molecule has 10 aromatic rings. The summed E-state index contributed by atoms with van der Waals surface area (Å²) in [7, 11) is 0. The van der Waals surface area contributed by atoms with E-state index in [1.54, 1.807) is 6.20 Å². The third-order valence-corrected chi connectivity index (χ3v) is 9.67. The number of pyridine rings is 2. The molecule has 4 aromatic heterocycles. The monoisotopic (exact) mass is 694 g/mol. The van der Waals surface area contributed by atoms with Gasteiger partial charge in [-0.3, -0.25) is 4.98 Å². The Morgan fingerprint density at radius 3 is 1.43 bits per heavy atom. The quantitative estimate of drug-likeness (QED) is 0.165. The van der Waals surface area contributed by atoms with Crippen LogP contribution >= 0.6 is 0 Å². The van der Waals surface area contributed by atoms with Crippen molar-refractivity contribution in [3.8, 4) is 78.9 Å². The molecule has 6 heteroatoms. The lowest BCUT2D eigenvalue weighted by Gasteiger charge is -2.14. The Kier molecular flexibility index (Phi) is 7.69. The van der Waals surface area contributed by atoms with Crippen LogP contribution < -0.4 is 0 Å². The molecule has 10 rings (SSSR count). The topological polar surface area (TPSA) is 77.8 Å². The predicted molar refractivity (Wildman–Crippen MR) is 215 cm³/mol. The molecule has 0 saturated carbocycles. The number of benzene rings is 6. The van der Waals surface area contributed by atoms with Crippen molar-refractivity contribution >= 4 is 22.2 Å². The minimum absolute atomic E-state index is 0.611. The van der Waals surface area contributed by atoms with Gasteiger partial charge < -0.3 is 8.83 Å². The lowest BCUT2D eigenvalue weighted by Crippen LogP contribution is -1.94. The van der Waals surface area contributed by atoms with Gasteiger partial charge in [-0.05, 0) is 107 Å². The molecule has 0 fully saturated rings. The standard InChI is InChI=1S/C48H30N4O2/c1-3-13-44-42(11-1)51-47(53-44)35-23-17-32(18-24-35)31-15-21-34(22-16-31)39-27-28-41(40-10-5-6-29-49-40)50-46(39)38-9-7-8-37(30-38)33-19-25-36(26-20-33)48-52-43-12-2-4-14-45(43)54-48/h1-30H. The zero-order valence-corrected chi connectivity index (χ0v) is 28.9. The molecule has 0 N–H and O–H groups in total. The average Bonchev–Trinajstić information content (AvgIpc) is 3.89. The molecule has 0 atom stereocenters.